The lowest BCUT2D eigenvalue weighted by molar-refractivity contribution is 0.122. The van der Waals surface area contributed by atoms with E-state index in [1.807, 2.05) is 49.6 Å². The molecule has 0 amide bonds. The van der Waals surface area contributed by atoms with Crippen molar-refractivity contribution in [3.05, 3.63) is 54.2 Å². The van der Waals surface area contributed by atoms with Crippen molar-refractivity contribution in [1.29, 1.82) is 0 Å². The Morgan fingerprint density at radius 1 is 1.21 bits per heavy atom. The number of guanidine groups is 1. The lowest BCUT2D eigenvalue weighted by Crippen LogP contribution is -2.41. The van der Waals surface area contributed by atoms with Gasteiger partial charge in [0.05, 0.1) is 19.8 Å². The molecule has 7 nitrogen and oxygen atoms in total. The van der Waals surface area contributed by atoms with E-state index in [-0.39, 0.29) is 24.0 Å². The molecule has 0 spiro atoms. The van der Waals surface area contributed by atoms with Crippen LogP contribution in [-0.2, 0) is 11.3 Å². The second-order valence-corrected chi connectivity index (χ2v) is 6.57. The average Bonchev–Trinajstić information content (AvgIpc) is 2.76. The minimum Gasteiger partial charge on any atom is -0.492 e. The summed E-state index contributed by atoms with van der Waals surface area (Å²) in [5, 5.41) is 3.44. The van der Waals surface area contributed by atoms with Crippen molar-refractivity contribution in [2.45, 2.75) is 6.54 Å². The Hall–Kier alpha value is -2.07. The third kappa shape index (κ3) is 7.04. The maximum atomic E-state index is 5.78. The van der Waals surface area contributed by atoms with Gasteiger partial charge in [-0.05, 0) is 18.2 Å². The highest BCUT2D eigenvalue weighted by molar-refractivity contribution is 14.0. The highest BCUT2D eigenvalue weighted by Gasteiger charge is 2.16. The van der Waals surface area contributed by atoms with Crippen LogP contribution < -0.4 is 15.0 Å². The third-order valence-electron chi connectivity index (χ3n) is 4.63. The number of aromatic nitrogens is 1. The maximum absolute atomic E-state index is 5.78. The first-order valence-corrected chi connectivity index (χ1v) is 9.64. The second kappa shape index (κ2) is 12.5. The molecule has 0 atom stereocenters. The summed E-state index contributed by atoms with van der Waals surface area (Å²) < 4.78 is 11.2. The van der Waals surface area contributed by atoms with E-state index in [1.165, 1.54) is 0 Å². The molecule has 0 bridgehead atoms. The van der Waals surface area contributed by atoms with Crippen LogP contribution in [0.4, 0.5) is 5.82 Å². The van der Waals surface area contributed by atoms with Gasteiger partial charge in [-0.2, -0.15) is 0 Å². The lowest BCUT2D eigenvalue weighted by Gasteiger charge is -2.30. The summed E-state index contributed by atoms with van der Waals surface area (Å²) in [7, 11) is 3.80. The van der Waals surface area contributed by atoms with Crippen molar-refractivity contribution in [3.8, 4) is 5.75 Å². The Labute approximate surface area is 190 Å². The number of aliphatic imine (C=N–C) groups is 1. The number of para-hydroxylation sites is 1. The standard InChI is InChI=1S/C21H29N5O2.HI/c1-22-21(25(2)11-16-28-19-8-4-3-5-9-19)24-17-18-7-6-10-23-20(18)26-12-14-27-15-13-26;/h3-10H,11-17H2,1-2H3,(H,22,24);1H. The molecule has 2 aromatic rings. The van der Waals surface area contributed by atoms with Gasteiger partial charge < -0.3 is 24.6 Å². The zero-order valence-electron chi connectivity index (χ0n) is 17.1. The molecule has 0 radical (unpaired) electrons. The van der Waals surface area contributed by atoms with Gasteiger partial charge in [0.15, 0.2) is 5.96 Å². The SMILES string of the molecule is CN=C(NCc1cccnc1N1CCOCC1)N(C)CCOc1ccccc1.I. The number of likely N-dealkylation sites (N-methyl/N-ethyl adjacent to an activating group) is 1. The van der Waals surface area contributed by atoms with Crippen molar-refractivity contribution in [2.75, 3.05) is 58.5 Å². The highest BCUT2D eigenvalue weighted by atomic mass is 127. The van der Waals surface area contributed by atoms with Gasteiger partial charge in [-0.15, -0.1) is 24.0 Å². The number of hydrogen-bond acceptors (Lipinski definition) is 5. The van der Waals surface area contributed by atoms with Gasteiger partial charge in [-0.25, -0.2) is 4.98 Å². The molecule has 2 heterocycles. The number of morpholine rings is 1. The van der Waals surface area contributed by atoms with Gasteiger partial charge >= 0.3 is 0 Å². The zero-order valence-corrected chi connectivity index (χ0v) is 19.4. The van der Waals surface area contributed by atoms with Crippen LogP contribution in [0.1, 0.15) is 5.56 Å². The summed E-state index contributed by atoms with van der Waals surface area (Å²) in [6.45, 7) is 5.22. The van der Waals surface area contributed by atoms with Crippen LogP contribution in [0, 0.1) is 0 Å². The van der Waals surface area contributed by atoms with E-state index in [1.54, 1.807) is 7.05 Å². The first-order valence-electron chi connectivity index (χ1n) is 9.64. The zero-order chi connectivity index (χ0) is 19.6. The van der Waals surface area contributed by atoms with E-state index in [2.05, 4.69) is 31.2 Å². The Balaban J connectivity index is 0.00000300. The van der Waals surface area contributed by atoms with E-state index in [0.717, 1.165) is 55.9 Å². The molecular weight excluding hydrogens is 481 g/mol. The van der Waals surface area contributed by atoms with Crippen molar-refractivity contribution < 1.29 is 9.47 Å². The van der Waals surface area contributed by atoms with Gasteiger partial charge in [0, 0.05) is 45.5 Å². The van der Waals surface area contributed by atoms with Gasteiger partial charge in [0.1, 0.15) is 18.2 Å². The Morgan fingerprint density at radius 3 is 2.69 bits per heavy atom. The molecular formula is C21H30IN5O2. The van der Waals surface area contributed by atoms with E-state index in [9.17, 15) is 0 Å². The molecule has 1 fully saturated rings. The number of benzene rings is 1. The van der Waals surface area contributed by atoms with Crippen LogP contribution in [0.5, 0.6) is 5.75 Å². The number of rotatable bonds is 7. The van der Waals surface area contributed by atoms with Crippen molar-refractivity contribution >= 4 is 35.8 Å². The number of halogens is 1. The molecule has 0 saturated carbocycles. The first-order chi connectivity index (χ1) is 13.8. The molecule has 1 aliphatic rings. The summed E-state index contributed by atoms with van der Waals surface area (Å²) in [5.41, 5.74) is 1.15. The van der Waals surface area contributed by atoms with E-state index < -0.39 is 0 Å². The quantitative estimate of drug-likeness (QED) is 0.351. The Bertz CT molecular complexity index is 754. The topological polar surface area (TPSA) is 62.2 Å². The number of pyridine rings is 1. The predicted octanol–water partition coefficient (Wildman–Crippen LogP) is 2.62. The molecule has 1 aliphatic heterocycles. The molecule has 3 rings (SSSR count). The molecule has 29 heavy (non-hydrogen) atoms. The second-order valence-electron chi connectivity index (χ2n) is 6.57. The van der Waals surface area contributed by atoms with Gasteiger partial charge in [-0.1, -0.05) is 24.3 Å². The smallest absolute Gasteiger partial charge is 0.193 e. The van der Waals surface area contributed by atoms with E-state index >= 15 is 0 Å². The number of anilines is 1. The van der Waals surface area contributed by atoms with E-state index in [0.29, 0.717) is 13.2 Å². The summed E-state index contributed by atoms with van der Waals surface area (Å²) in [6, 6.07) is 13.9. The summed E-state index contributed by atoms with van der Waals surface area (Å²) in [5.74, 6) is 2.72. The minimum atomic E-state index is 0. The molecule has 0 unspecified atom stereocenters. The monoisotopic (exact) mass is 511 g/mol. The van der Waals surface area contributed by atoms with Crippen molar-refractivity contribution in [3.63, 3.8) is 0 Å². The maximum Gasteiger partial charge on any atom is 0.193 e. The minimum absolute atomic E-state index is 0. The van der Waals surface area contributed by atoms with Crippen LogP contribution >= 0.6 is 24.0 Å². The molecule has 1 saturated heterocycles. The molecule has 0 aliphatic carbocycles. The molecule has 1 aromatic carbocycles. The summed E-state index contributed by atoms with van der Waals surface area (Å²) in [4.78, 5) is 13.3. The van der Waals surface area contributed by atoms with Crippen LogP contribution in [0.15, 0.2) is 53.7 Å². The normalized spacial score (nSPS) is 14.1. The van der Waals surface area contributed by atoms with Gasteiger partial charge in [0.2, 0.25) is 0 Å². The van der Waals surface area contributed by atoms with Crippen LogP contribution in [-0.4, -0.2) is 69.4 Å². The number of nitrogens with zero attached hydrogens (tertiary/aromatic N) is 4. The van der Waals surface area contributed by atoms with Crippen molar-refractivity contribution in [2.24, 2.45) is 4.99 Å². The number of nitrogens with one attached hydrogen (secondary N) is 1. The average molecular weight is 511 g/mol. The summed E-state index contributed by atoms with van der Waals surface area (Å²) >= 11 is 0. The Kier molecular flexibility index (Phi) is 9.99. The predicted molar refractivity (Wildman–Crippen MR) is 127 cm³/mol. The fourth-order valence-electron chi connectivity index (χ4n) is 3.11. The first kappa shape index (κ1) is 23.2. The molecule has 1 N–H and O–H groups in total. The molecule has 158 valence electrons. The van der Waals surface area contributed by atoms with E-state index in [4.69, 9.17) is 9.47 Å². The fraction of sp³-hybridized carbons (Fsp3) is 0.429. The Morgan fingerprint density at radius 2 is 1.97 bits per heavy atom. The largest absolute Gasteiger partial charge is 0.492 e. The van der Waals surface area contributed by atoms with Crippen molar-refractivity contribution in [1.82, 2.24) is 15.2 Å². The molecule has 8 heteroatoms. The summed E-state index contributed by atoms with van der Waals surface area (Å²) in [6.07, 6.45) is 1.84. The third-order valence-corrected chi connectivity index (χ3v) is 4.63. The van der Waals surface area contributed by atoms with Crippen LogP contribution in [0.25, 0.3) is 0 Å². The highest BCUT2D eigenvalue weighted by Crippen LogP contribution is 2.18. The van der Waals surface area contributed by atoms with Crippen LogP contribution in [0.3, 0.4) is 0 Å². The van der Waals surface area contributed by atoms with Gasteiger partial charge in [0.25, 0.3) is 0 Å². The number of ether oxygens (including phenoxy) is 2. The lowest BCUT2D eigenvalue weighted by atomic mass is 10.2. The van der Waals surface area contributed by atoms with Gasteiger partial charge in [-0.3, -0.25) is 4.99 Å². The van der Waals surface area contributed by atoms with Crippen LogP contribution in [0.2, 0.25) is 0 Å². The number of hydrogen-bond donors (Lipinski definition) is 1. The molecule has 1 aromatic heterocycles. The fourth-order valence-corrected chi connectivity index (χ4v) is 3.11.